The first-order valence-corrected chi connectivity index (χ1v) is 6.80. The Kier molecular flexibility index (Phi) is 2.46. The van der Waals surface area contributed by atoms with E-state index in [1.165, 1.54) is 4.57 Å². The number of nitrogens with two attached hydrogens (primary N) is 1. The summed E-state index contributed by atoms with van der Waals surface area (Å²) in [6.45, 7) is 0. The van der Waals surface area contributed by atoms with Crippen molar-refractivity contribution in [3.05, 3.63) is 34.5 Å². The highest BCUT2D eigenvalue weighted by molar-refractivity contribution is 7.90. The first-order valence-electron chi connectivity index (χ1n) is 4.91. The number of hydrogen-bond donors (Lipinski definition) is 1. The molecule has 0 fully saturated rings. The van der Waals surface area contributed by atoms with Gasteiger partial charge >= 0.3 is 0 Å². The Balaban J connectivity index is 3.14. The highest BCUT2D eigenvalue weighted by atomic mass is 32.2. The molecule has 1 heterocycles. The van der Waals surface area contributed by atoms with Crippen molar-refractivity contribution in [3.63, 3.8) is 0 Å². The van der Waals surface area contributed by atoms with Gasteiger partial charge in [0.15, 0.2) is 14.7 Å². The Morgan fingerprint density at radius 1 is 1.24 bits per heavy atom. The average Bonchev–Trinajstić information content (AvgIpc) is 2.24. The molecule has 2 N–H and O–H groups in total. The fourth-order valence-corrected chi connectivity index (χ4v) is 2.80. The summed E-state index contributed by atoms with van der Waals surface area (Å²) in [5, 5.41) is 0.352. The first kappa shape index (κ1) is 11.7. The molecule has 0 aliphatic heterocycles. The lowest BCUT2D eigenvalue weighted by molar-refractivity contribution is 0.601. The lowest BCUT2D eigenvalue weighted by Crippen LogP contribution is -2.21. The van der Waals surface area contributed by atoms with Crippen molar-refractivity contribution >= 4 is 26.6 Å². The van der Waals surface area contributed by atoms with Gasteiger partial charge in [0.25, 0.3) is 0 Å². The molecule has 0 saturated carbocycles. The smallest absolute Gasteiger partial charge is 0.210 e. The zero-order valence-electron chi connectivity index (χ0n) is 9.47. The molecular formula is C11H12N2O3S. The largest absolute Gasteiger partial charge is 0.384 e. The maximum Gasteiger partial charge on any atom is 0.210 e. The van der Waals surface area contributed by atoms with E-state index in [1.54, 1.807) is 31.3 Å². The Morgan fingerprint density at radius 2 is 1.82 bits per heavy atom. The van der Waals surface area contributed by atoms with Crippen molar-refractivity contribution in [3.8, 4) is 0 Å². The molecule has 2 aromatic rings. The predicted molar refractivity (Wildman–Crippen MR) is 66.7 cm³/mol. The van der Waals surface area contributed by atoms with Crippen LogP contribution < -0.4 is 11.2 Å². The van der Waals surface area contributed by atoms with Crippen LogP contribution in [0.2, 0.25) is 0 Å². The molecule has 0 bridgehead atoms. The third-order valence-corrected chi connectivity index (χ3v) is 3.82. The van der Waals surface area contributed by atoms with Gasteiger partial charge in [0.1, 0.15) is 5.82 Å². The lowest BCUT2D eigenvalue weighted by Gasteiger charge is -2.12. The Bertz CT molecular complexity index is 760. The number of aromatic nitrogens is 1. The van der Waals surface area contributed by atoms with Crippen LogP contribution >= 0.6 is 0 Å². The van der Waals surface area contributed by atoms with E-state index in [4.69, 9.17) is 5.73 Å². The zero-order valence-corrected chi connectivity index (χ0v) is 10.3. The van der Waals surface area contributed by atoms with Crippen LogP contribution in [0.15, 0.2) is 34.0 Å². The summed E-state index contributed by atoms with van der Waals surface area (Å²) >= 11 is 0. The second-order valence-corrected chi connectivity index (χ2v) is 5.84. The van der Waals surface area contributed by atoms with Crippen LogP contribution in [0.5, 0.6) is 0 Å². The number of nitrogens with zero attached hydrogens (tertiary/aromatic N) is 1. The number of rotatable bonds is 1. The number of pyridine rings is 1. The Hall–Kier alpha value is -1.82. The third kappa shape index (κ3) is 1.70. The van der Waals surface area contributed by atoms with Crippen LogP contribution in [-0.4, -0.2) is 19.2 Å². The summed E-state index contributed by atoms with van der Waals surface area (Å²) in [6.07, 6.45) is 0.981. The molecule has 0 spiro atoms. The topological polar surface area (TPSA) is 82.2 Å². The minimum atomic E-state index is -3.64. The molecule has 0 radical (unpaired) electrons. The predicted octanol–water partition coefficient (Wildman–Crippen LogP) is 0.524. The van der Waals surface area contributed by atoms with E-state index in [-0.39, 0.29) is 10.7 Å². The number of benzene rings is 1. The van der Waals surface area contributed by atoms with E-state index in [0.29, 0.717) is 10.9 Å². The van der Waals surface area contributed by atoms with Gasteiger partial charge < -0.3 is 10.3 Å². The molecule has 0 atom stereocenters. The first-order chi connectivity index (χ1) is 7.84. The summed E-state index contributed by atoms with van der Waals surface area (Å²) in [5.41, 5.74) is 5.79. The molecule has 17 heavy (non-hydrogen) atoms. The number of para-hydroxylation sites is 1. The second kappa shape index (κ2) is 3.59. The molecule has 0 amide bonds. The van der Waals surface area contributed by atoms with Gasteiger partial charge in [-0.05, 0) is 12.1 Å². The van der Waals surface area contributed by atoms with Gasteiger partial charge in [-0.25, -0.2) is 8.42 Å². The number of nitrogen functional groups attached to an aromatic ring is 1. The van der Waals surface area contributed by atoms with Gasteiger partial charge in [0.05, 0.1) is 5.52 Å². The van der Waals surface area contributed by atoms with Crippen LogP contribution in [0, 0.1) is 0 Å². The van der Waals surface area contributed by atoms with Crippen LogP contribution in [0.1, 0.15) is 0 Å². The van der Waals surface area contributed by atoms with E-state index < -0.39 is 15.3 Å². The van der Waals surface area contributed by atoms with Crippen LogP contribution in [-0.2, 0) is 16.9 Å². The highest BCUT2D eigenvalue weighted by Gasteiger charge is 2.20. The molecule has 90 valence electrons. The zero-order chi connectivity index (χ0) is 12.8. The summed E-state index contributed by atoms with van der Waals surface area (Å²) in [4.78, 5) is 11.7. The molecule has 2 rings (SSSR count). The van der Waals surface area contributed by atoms with Gasteiger partial charge in [-0.2, -0.15) is 0 Å². The molecule has 0 saturated heterocycles. The normalized spacial score (nSPS) is 11.9. The molecular weight excluding hydrogens is 240 g/mol. The van der Waals surface area contributed by atoms with Crippen LogP contribution in [0.3, 0.4) is 0 Å². The Morgan fingerprint density at radius 3 is 2.41 bits per heavy atom. The van der Waals surface area contributed by atoms with E-state index in [0.717, 1.165) is 6.26 Å². The summed E-state index contributed by atoms with van der Waals surface area (Å²) < 4.78 is 24.7. The van der Waals surface area contributed by atoms with E-state index in [1.807, 2.05) is 0 Å². The molecule has 6 heteroatoms. The molecule has 1 aromatic carbocycles. The summed E-state index contributed by atoms with van der Waals surface area (Å²) in [5.74, 6) is -0.0313. The van der Waals surface area contributed by atoms with Gasteiger partial charge in [0, 0.05) is 18.7 Å². The van der Waals surface area contributed by atoms with Crippen molar-refractivity contribution in [2.75, 3.05) is 12.0 Å². The SMILES string of the molecule is Cn1c(N)c(S(C)(=O)=O)c(=O)c2ccccc21. The molecule has 5 nitrogen and oxygen atoms in total. The average molecular weight is 252 g/mol. The summed E-state index contributed by atoms with van der Waals surface area (Å²) in [6, 6.07) is 6.76. The van der Waals surface area contributed by atoms with Crippen molar-refractivity contribution in [2.45, 2.75) is 4.90 Å². The van der Waals surface area contributed by atoms with Crippen LogP contribution in [0.25, 0.3) is 10.9 Å². The number of fused-ring (bicyclic) bond motifs is 1. The molecule has 0 unspecified atom stereocenters. The van der Waals surface area contributed by atoms with E-state index in [9.17, 15) is 13.2 Å². The Labute approximate surface area is 98.4 Å². The van der Waals surface area contributed by atoms with E-state index in [2.05, 4.69) is 0 Å². The van der Waals surface area contributed by atoms with Gasteiger partial charge in [-0.15, -0.1) is 0 Å². The fourth-order valence-electron chi connectivity index (χ4n) is 1.84. The minimum Gasteiger partial charge on any atom is -0.384 e. The van der Waals surface area contributed by atoms with Crippen molar-refractivity contribution in [2.24, 2.45) is 7.05 Å². The standard InChI is InChI=1S/C11H12N2O3S/c1-13-8-6-4-3-5-7(8)9(14)10(11(13)12)17(2,15)16/h3-6H,12H2,1-2H3. The van der Waals surface area contributed by atoms with Gasteiger partial charge in [-0.3, -0.25) is 4.79 Å². The number of hydrogen-bond acceptors (Lipinski definition) is 4. The lowest BCUT2D eigenvalue weighted by atomic mass is 10.2. The number of aryl methyl sites for hydroxylation is 1. The third-order valence-electron chi connectivity index (χ3n) is 2.68. The molecule has 0 aliphatic carbocycles. The maximum absolute atomic E-state index is 12.1. The van der Waals surface area contributed by atoms with Crippen LogP contribution in [0.4, 0.5) is 5.82 Å². The van der Waals surface area contributed by atoms with Crippen molar-refractivity contribution in [1.82, 2.24) is 4.57 Å². The maximum atomic E-state index is 12.1. The molecule has 0 aliphatic rings. The monoisotopic (exact) mass is 252 g/mol. The van der Waals surface area contributed by atoms with Crippen molar-refractivity contribution in [1.29, 1.82) is 0 Å². The highest BCUT2D eigenvalue weighted by Crippen LogP contribution is 2.19. The number of anilines is 1. The van der Waals surface area contributed by atoms with Crippen molar-refractivity contribution < 1.29 is 8.42 Å². The fraction of sp³-hybridized carbons (Fsp3) is 0.182. The molecule has 1 aromatic heterocycles. The van der Waals surface area contributed by atoms with Gasteiger partial charge in [0.2, 0.25) is 5.43 Å². The summed E-state index contributed by atoms with van der Waals surface area (Å²) in [7, 11) is -2.01. The van der Waals surface area contributed by atoms with Gasteiger partial charge in [-0.1, -0.05) is 12.1 Å². The number of sulfone groups is 1. The van der Waals surface area contributed by atoms with E-state index >= 15 is 0 Å². The second-order valence-electron chi connectivity index (χ2n) is 3.89. The quantitative estimate of drug-likeness (QED) is 0.802. The minimum absolute atomic E-state index is 0.0313.